The first-order valence-electron chi connectivity index (χ1n) is 6.92. The van der Waals surface area contributed by atoms with Gasteiger partial charge in [0.2, 0.25) is 5.91 Å². The molecule has 19 heavy (non-hydrogen) atoms. The van der Waals surface area contributed by atoms with Crippen LogP contribution in [0.15, 0.2) is 18.3 Å². The molecule has 1 spiro atoms. The van der Waals surface area contributed by atoms with Crippen LogP contribution in [-0.4, -0.2) is 40.3 Å². The molecule has 0 bridgehead atoms. The predicted molar refractivity (Wildman–Crippen MR) is 70.7 cm³/mol. The molecule has 0 aliphatic carbocycles. The van der Waals surface area contributed by atoms with Crippen LogP contribution in [-0.2, 0) is 4.79 Å². The Morgan fingerprint density at radius 1 is 1.32 bits per heavy atom. The molecule has 1 aromatic rings. The standard InChI is InChI=1S/C14H19N3O2/c18-12-5-1-6-14(16-12)7-3-9-17(10-14)13(19)11-4-2-8-15-11/h2,4,8,15H,1,3,5-7,9-10H2,(H,16,18). The van der Waals surface area contributed by atoms with Gasteiger partial charge < -0.3 is 15.2 Å². The second-order valence-electron chi connectivity index (χ2n) is 5.60. The fourth-order valence-corrected chi connectivity index (χ4v) is 3.25. The molecule has 1 atom stereocenters. The Morgan fingerprint density at radius 2 is 2.16 bits per heavy atom. The lowest BCUT2D eigenvalue weighted by atomic mass is 9.81. The van der Waals surface area contributed by atoms with Gasteiger partial charge in [-0.05, 0) is 37.8 Å². The Bertz CT molecular complexity index is 479. The summed E-state index contributed by atoms with van der Waals surface area (Å²) in [4.78, 5) is 28.8. The molecule has 5 nitrogen and oxygen atoms in total. The number of likely N-dealkylation sites (tertiary alicyclic amines) is 1. The lowest BCUT2D eigenvalue weighted by molar-refractivity contribution is -0.126. The minimum atomic E-state index is -0.185. The van der Waals surface area contributed by atoms with Crippen molar-refractivity contribution in [3.8, 4) is 0 Å². The third-order valence-electron chi connectivity index (χ3n) is 4.16. The maximum Gasteiger partial charge on any atom is 0.270 e. The van der Waals surface area contributed by atoms with E-state index in [1.54, 1.807) is 12.3 Å². The Hall–Kier alpha value is -1.78. The maximum atomic E-state index is 12.4. The van der Waals surface area contributed by atoms with Crippen LogP contribution >= 0.6 is 0 Å². The highest BCUT2D eigenvalue weighted by molar-refractivity contribution is 5.92. The third-order valence-corrected chi connectivity index (χ3v) is 4.16. The molecule has 102 valence electrons. The van der Waals surface area contributed by atoms with Crippen molar-refractivity contribution in [1.29, 1.82) is 0 Å². The van der Waals surface area contributed by atoms with E-state index in [2.05, 4.69) is 10.3 Å². The Balaban J connectivity index is 1.74. The molecule has 1 aromatic heterocycles. The summed E-state index contributed by atoms with van der Waals surface area (Å²) in [6.07, 6.45) is 6.21. The van der Waals surface area contributed by atoms with E-state index in [9.17, 15) is 9.59 Å². The molecule has 3 rings (SSSR count). The fourth-order valence-electron chi connectivity index (χ4n) is 3.25. The molecule has 0 aromatic carbocycles. The average Bonchev–Trinajstić information content (AvgIpc) is 2.91. The third kappa shape index (κ3) is 2.37. The summed E-state index contributed by atoms with van der Waals surface area (Å²) < 4.78 is 0. The summed E-state index contributed by atoms with van der Waals surface area (Å²) >= 11 is 0. The van der Waals surface area contributed by atoms with Crippen molar-refractivity contribution < 1.29 is 9.59 Å². The van der Waals surface area contributed by atoms with Crippen LogP contribution in [0.3, 0.4) is 0 Å². The van der Waals surface area contributed by atoms with E-state index in [4.69, 9.17) is 0 Å². The largest absolute Gasteiger partial charge is 0.357 e. The fraction of sp³-hybridized carbons (Fsp3) is 0.571. The summed E-state index contributed by atoms with van der Waals surface area (Å²) in [6, 6.07) is 3.62. The first-order valence-corrected chi connectivity index (χ1v) is 6.92. The summed E-state index contributed by atoms with van der Waals surface area (Å²) in [5.41, 5.74) is 0.440. The van der Waals surface area contributed by atoms with E-state index in [1.165, 1.54) is 0 Å². The van der Waals surface area contributed by atoms with Crippen LogP contribution in [0.1, 0.15) is 42.6 Å². The molecular formula is C14H19N3O2. The number of aromatic nitrogens is 1. The van der Waals surface area contributed by atoms with E-state index in [0.29, 0.717) is 18.7 Å². The van der Waals surface area contributed by atoms with Crippen molar-refractivity contribution in [3.05, 3.63) is 24.0 Å². The summed E-state index contributed by atoms with van der Waals surface area (Å²) in [6.45, 7) is 1.41. The van der Waals surface area contributed by atoms with Crippen molar-refractivity contribution in [1.82, 2.24) is 15.2 Å². The van der Waals surface area contributed by atoms with Gasteiger partial charge in [-0.3, -0.25) is 9.59 Å². The number of rotatable bonds is 1. The average molecular weight is 261 g/mol. The smallest absolute Gasteiger partial charge is 0.270 e. The predicted octanol–water partition coefficient (Wildman–Crippen LogP) is 1.29. The van der Waals surface area contributed by atoms with Gasteiger partial charge in [-0.25, -0.2) is 0 Å². The van der Waals surface area contributed by atoms with Gasteiger partial charge in [0, 0.05) is 25.7 Å². The summed E-state index contributed by atoms with van der Waals surface area (Å²) in [5.74, 6) is 0.157. The van der Waals surface area contributed by atoms with Gasteiger partial charge >= 0.3 is 0 Å². The van der Waals surface area contributed by atoms with Crippen LogP contribution in [0.5, 0.6) is 0 Å². The first kappa shape index (κ1) is 12.3. The van der Waals surface area contributed by atoms with E-state index in [1.807, 2.05) is 11.0 Å². The Kier molecular flexibility index (Phi) is 3.05. The number of H-pyrrole nitrogens is 1. The number of amides is 2. The molecule has 2 fully saturated rings. The van der Waals surface area contributed by atoms with Gasteiger partial charge in [-0.15, -0.1) is 0 Å². The lowest BCUT2D eigenvalue weighted by Crippen LogP contribution is -2.61. The highest BCUT2D eigenvalue weighted by Crippen LogP contribution is 2.30. The minimum Gasteiger partial charge on any atom is -0.357 e. The van der Waals surface area contributed by atoms with Crippen molar-refractivity contribution in [2.24, 2.45) is 0 Å². The number of hydrogen-bond donors (Lipinski definition) is 2. The summed E-state index contributed by atoms with van der Waals surface area (Å²) in [5, 5.41) is 3.12. The number of nitrogens with zero attached hydrogens (tertiary/aromatic N) is 1. The van der Waals surface area contributed by atoms with Crippen LogP contribution in [0.2, 0.25) is 0 Å². The maximum absolute atomic E-state index is 12.4. The van der Waals surface area contributed by atoms with Crippen LogP contribution < -0.4 is 5.32 Å². The van der Waals surface area contributed by atoms with Gasteiger partial charge in [-0.2, -0.15) is 0 Å². The highest BCUT2D eigenvalue weighted by Gasteiger charge is 2.40. The number of aromatic amines is 1. The molecule has 2 N–H and O–H groups in total. The van der Waals surface area contributed by atoms with Crippen LogP contribution in [0.25, 0.3) is 0 Å². The number of piperidine rings is 2. The van der Waals surface area contributed by atoms with Crippen molar-refractivity contribution >= 4 is 11.8 Å². The van der Waals surface area contributed by atoms with Gasteiger partial charge in [-0.1, -0.05) is 0 Å². The van der Waals surface area contributed by atoms with Crippen molar-refractivity contribution in [2.75, 3.05) is 13.1 Å². The second-order valence-corrected chi connectivity index (χ2v) is 5.60. The zero-order valence-corrected chi connectivity index (χ0v) is 10.9. The zero-order chi connectivity index (χ0) is 13.3. The lowest BCUT2D eigenvalue weighted by Gasteiger charge is -2.45. The van der Waals surface area contributed by atoms with Crippen LogP contribution in [0, 0.1) is 0 Å². The van der Waals surface area contributed by atoms with Crippen LogP contribution in [0.4, 0.5) is 0 Å². The molecule has 0 saturated carbocycles. The normalized spacial score (nSPS) is 27.4. The second kappa shape index (κ2) is 4.72. The number of carbonyl (C=O) groups is 2. The molecule has 2 amide bonds. The Morgan fingerprint density at radius 3 is 2.89 bits per heavy atom. The minimum absolute atomic E-state index is 0.0314. The van der Waals surface area contributed by atoms with Gasteiger partial charge in [0.1, 0.15) is 5.69 Å². The summed E-state index contributed by atoms with van der Waals surface area (Å²) in [7, 11) is 0. The molecule has 2 saturated heterocycles. The molecule has 2 aliphatic rings. The monoisotopic (exact) mass is 261 g/mol. The molecule has 3 heterocycles. The Labute approximate surface area is 112 Å². The van der Waals surface area contributed by atoms with E-state index in [-0.39, 0.29) is 17.4 Å². The number of nitrogens with one attached hydrogen (secondary N) is 2. The molecule has 2 aliphatic heterocycles. The molecule has 0 radical (unpaired) electrons. The SMILES string of the molecule is O=C1CCCC2(CCCN(C(=O)c3ccc[nH]3)C2)N1. The van der Waals surface area contributed by atoms with Crippen molar-refractivity contribution in [2.45, 2.75) is 37.6 Å². The van der Waals surface area contributed by atoms with Gasteiger partial charge in [0.05, 0.1) is 5.54 Å². The van der Waals surface area contributed by atoms with E-state index in [0.717, 1.165) is 32.2 Å². The zero-order valence-electron chi connectivity index (χ0n) is 10.9. The first-order chi connectivity index (χ1) is 9.19. The van der Waals surface area contributed by atoms with Crippen molar-refractivity contribution in [3.63, 3.8) is 0 Å². The molecule has 1 unspecified atom stereocenters. The van der Waals surface area contributed by atoms with E-state index >= 15 is 0 Å². The molecular weight excluding hydrogens is 242 g/mol. The van der Waals surface area contributed by atoms with Gasteiger partial charge in [0.25, 0.3) is 5.91 Å². The highest BCUT2D eigenvalue weighted by atomic mass is 16.2. The van der Waals surface area contributed by atoms with E-state index < -0.39 is 0 Å². The molecule has 5 heteroatoms. The quantitative estimate of drug-likeness (QED) is 0.800. The van der Waals surface area contributed by atoms with Gasteiger partial charge in [0.15, 0.2) is 0 Å². The number of hydrogen-bond acceptors (Lipinski definition) is 2. The number of carbonyl (C=O) groups excluding carboxylic acids is 2. The topological polar surface area (TPSA) is 65.2 Å².